The normalized spacial score (nSPS) is 27.2. The first-order chi connectivity index (χ1) is 15.2. The third-order valence-corrected chi connectivity index (χ3v) is 6.87. The van der Waals surface area contributed by atoms with Crippen LogP contribution in [-0.4, -0.2) is 69.6 Å². The van der Waals surface area contributed by atoms with Gasteiger partial charge in [-0.15, -0.1) is 24.0 Å². The maximum absolute atomic E-state index is 6.19. The summed E-state index contributed by atoms with van der Waals surface area (Å²) in [5.74, 6) is 1.46. The van der Waals surface area contributed by atoms with Crippen LogP contribution in [0.5, 0.6) is 0 Å². The highest BCUT2D eigenvalue weighted by atomic mass is 127. The van der Waals surface area contributed by atoms with E-state index >= 15 is 0 Å². The summed E-state index contributed by atoms with van der Waals surface area (Å²) in [6.45, 7) is 7.48. The van der Waals surface area contributed by atoms with Crippen LogP contribution in [0.1, 0.15) is 55.8 Å². The van der Waals surface area contributed by atoms with Crippen LogP contribution in [0.4, 0.5) is 0 Å². The first-order valence-corrected chi connectivity index (χ1v) is 12.1. The lowest BCUT2D eigenvalue weighted by atomic mass is 9.89. The fraction of sp³-hybridized carbons (Fsp3) is 0.720. The predicted molar refractivity (Wildman–Crippen MR) is 139 cm³/mol. The molecule has 7 heteroatoms. The molecule has 6 nitrogen and oxygen atoms in total. The van der Waals surface area contributed by atoms with Crippen LogP contribution in [0.2, 0.25) is 0 Å². The first-order valence-electron chi connectivity index (χ1n) is 12.1. The van der Waals surface area contributed by atoms with Crippen molar-refractivity contribution in [2.75, 3.05) is 46.5 Å². The lowest BCUT2D eigenvalue weighted by Gasteiger charge is -2.36. The van der Waals surface area contributed by atoms with Gasteiger partial charge in [-0.2, -0.15) is 0 Å². The Labute approximate surface area is 210 Å². The van der Waals surface area contributed by atoms with Crippen molar-refractivity contribution in [3.8, 4) is 0 Å². The second kappa shape index (κ2) is 13.1. The maximum atomic E-state index is 6.19. The van der Waals surface area contributed by atoms with E-state index in [1.54, 1.807) is 0 Å². The maximum Gasteiger partial charge on any atom is 0.193 e. The van der Waals surface area contributed by atoms with Crippen molar-refractivity contribution in [3.63, 3.8) is 0 Å². The number of hydrogen-bond acceptors (Lipinski definition) is 4. The minimum Gasteiger partial charge on any atom is -0.376 e. The number of guanidine groups is 1. The Morgan fingerprint density at radius 1 is 1.06 bits per heavy atom. The van der Waals surface area contributed by atoms with E-state index in [1.165, 1.54) is 24.0 Å². The van der Waals surface area contributed by atoms with Crippen LogP contribution in [0.3, 0.4) is 0 Å². The van der Waals surface area contributed by atoms with Gasteiger partial charge in [0, 0.05) is 45.8 Å². The summed E-state index contributed by atoms with van der Waals surface area (Å²) in [6, 6.07) is 8.80. The van der Waals surface area contributed by atoms with Gasteiger partial charge in [0.05, 0.1) is 24.9 Å². The fourth-order valence-electron chi connectivity index (χ4n) is 4.99. The van der Waals surface area contributed by atoms with E-state index < -0.39 is 0 Å². The molecule has 0 amide bonds. The number of likely N-dealkylation sites (tertiary alicyclic amines) is 1. The molecule has 0 spiro atoms. The molecular formula is C25H40IN3O3. The average molecular weight is 558 g/mol. The van der Waals surface area contributed by atoms with Crippen molar-refractivity contribution in [3.05, 3.63) is 35.4 Å². The molecule has 3 aliphatic rings. The van der Waals surface area contributed by atoms with Crippen molar-refractivity contribution in [1.82, 2.24) is 10.2 Å². The van der Waals surface area contributed by atoms with E-state index in [-0.39, 0.29) is 30.1 Å². The molecule has 3 atom stereocenters. The number of nitrogens with one attached hydrogen (secondary N) is 1. The van der Waals surface area contributed by atoms with Crippen LogP contribution in [0.15, 0.2) is 29.3 Å². The molecule has 1 aromatic carbocycles. The van der Waals surface area contributed by atoms with Crippen molar-refractivity contribution >= 4 is 29.9 Å². The second-order valence-corrected chi connectivity index (χ2v) is 9.19. The summed E-state index contributed by atoms with van der Waals surface area (Å²) in [5.41, 5.74) is 2.58. The monoisotopic (exact) mass is 557 g/mol. The standard InChI is InChI=1S/C25H39N3O3.HI/c1-19-7-9-20(10-8-19)24-21(5-3-16-30-24)17-27-25(26-2)28-13-11-22(12-14-28)31-18-23-6-4-15-29-23;/h7-10,21-24H,3-6,11-18H2,1-2H3,(H,26,27);1H. The molecule has 0 saturated carbocycles. The zero-order valence-electron chi connectivity index (χ0n) is 19.6. The highest BCUT2D eigenvalue weighted by molar-refractivity contribution is 14.0. The quantitative estimate of drug-likeness (QED) is 0.321. The number of benzene rings is 1. The summed E-state index contributed by atoms with van der Waals surface area (Å²) < 4.78 is 18.0. The van der Waals surface area contributed by atoms with E-state index in [4.69, 9.17) is 14.2 Å². The third kappa shape index (κ3) is 7.05. The zero-order chi connectivity index (χ0) is 21.5. The molecular weight excluding hydrogens is 517 g/mol. The van der Waals surface area contributed by atoms with E-state index in [2.05, 4.69) is 46.4 Å². The van der Waals surface area contributed by atoms with Crippen molar-refractivity contribution in [2.24, 2.45) is 10.9 Å². The Balaban J connectivity index is 0.00000289. The van der Waals surface area contributed by atoms with Crippen LogP contribution in [0.25, 0.3) is 0 Å². The Morgan fingerprint density at radius 3 is 2.47 bits per heavy atom. The van der Waals surface area contributed by atoms with Gasteiger partial charge in [0.2, 0.25) is 0 Å². The van der Waals surface area contributed by atoms with Crippen molar-refractivity contribution in [2.45, 2.75) is 63.8 Å². The summed E-state index contributed by atoms with van der Waals surface area (Å²) in [6.07, 6.45) is 7.54. The molecule has 0 radical (unpaired) electrons. The van der Waals surface area contributed by atoms with Crippen LogP contribution < -0.4 is 5.32 Å². The molecule has 1 N–H and O–H groups in total. The van der Waals surface area contributed by atoms with E-state index in [1.807, 2.05) is 7.05 Å². The molecule has 3 fully saturated rings. The van der Waals surface area contributed by atoms with Crippen molar-refractivity contribution < 1.29 is 14.2 Å². The third-order valence-electron chi connectivity index (χ3n) is 6.87. The van der Waals surface area contributed by atoms with Gasteiger partial charge in [0.1, 0.15) is 0 Å². The zero-order valence-corrected chi connectivity index (χ0v) is 22.0. The molecule has 4 rings (SSSR count). The first kappa shape index (κ1) is 25.7. The van der Waals surface area contributed by atoms with Crippen LogP contribution in [0, 0.1) is 12.8 Å². The number of ether oxygens (including phenoxy) is 3. The van der Waals surface area contributed by atoms with Gasteiger partial charge >= 0.3 is 0 Å². The topological polar surface area (TPSA) is 55.3 Å². The van der Waals surface area contributed by atoms with Gasteiger partial charge in [-0.05, 0) is 51.0 Å². The van der Waals surface area contributed by atoms with Gasteiger partial charge in [0.15, 0.2) is 5.96 Å². The van der Waals surface area contributed by atoms with Gasteiger partial charge in [0.25, 0.3) is 0 Å². The Kier molecular flexibility index (Phi) is 10.5. The summed E-state index contributed by atoms with van der Waals surface area (Å²) in [4.78, 5) is 6.94. The molecule has 180 valence electrons. The highest BCUT2D eigenvalue weighted by Crippen LogP contribution is 2.33. The molecule has 0 aliphatic carbocycles. The minimum atomic E-state index is 0. The molecule has 3 unspecified atom stereocenters. The smallest absolute Gasteiger partial charge is 0.193 e. The molecule has 0 aromatic heterocycles. The summed E-state index contributed by atoms with van der Waals surface area (Å²) in [5, 5.41) is 3.65. The Morgan fingerprint density at radius 2 is 1.78 bits per heavy atom. The van der Waals surface area contributed by atoms with E-state index in [0.717, 1.165) is 71.1 Å². The minimum absolute atomic E-state index is 0. The molecule has 1 aromatic rings. The lowest BCUT2D eigenvalue weighted by Crippen LogP contribution is -2.48. The van der Waals surface area contributed by atoms with Gasteiger partial charge in [-0.3, -0.25) is 4.99 Å². The molecule has 3 aliphatic heterocycles. The van der Waals surface area contributed by atoms with Gasteiger partial charge < -0.3 is 24.4 Å². The Hall–Kier alpha value is -0.900. The molecule has 3 heterocycles. The van der Waals surface area contributed by atoms with Crippen LogP contribution >= 0.6 is 24.0 Å². The van der Waals surface area contributed by atoms with E-state index in [0.29, 0.717) is 18.1 Å². The fourth-order valence-corrected chi connectivity index (χ4v) is 4.99. The largest absolute Gasteiger partial charge is 0.376 e. The number of halogens is 1. The van der Waals surface area contributed by atoms with Gasteiger partial charge in [-0.25, -0.2) is 0 Å². The number of aryl methyl sites for hydroxylation is 1. The molecule has 32 heavy (non-hydrogen) atoms. The van der Waals surface area contributed by atoms with Gasteiger partial charge in [-0.1, -0.05) is 29.8 Å². The lowest BCUT2D eigenvalue weighted by molar-refractivity contribution is -0.0371. The molecule has 0 bridgehead atoms. The van der Waals surface area contributed by atoms with Crippen molar-refractivity contribution in [1.29, 1.82) is 0 Å². The average Bonchev–Trinajstić information content (AvgIpc) is 3.33. The number of hydrogen-bond donors (Lipinski definition) is 1. The number of aliphatic imine (C=N–C) groups is 1. The number of rotatable bonds is 6. The SMILES string of the molecule is CN=C(NCC1CCCOC1c1ccc(C)cc1)N1CCC(OCC2CCCO2)CC1.I. The number of piperidine rings is 1. The summed E-state index contributed by atoms with van der Waals surface area (Å²) in [7, 11) is 1.89. The van der Waals surface area contributed by atoms with Crippen LogP contribution in [-0.2, 0) is 14.2 Å². The number of nitrogens with zero attached hydrogens (tertiary/aromatic N) is 2. The molecule has 3 saturated heterocycles. The predicted octanol–water partition coefficient (Wildman–Crippen LogP) is 4.32. The van der Waals surface area contributed by atoms with E-state index in [9.17, 15) is 0 Å². The second-order valence-electron chi connectivity index (χ2n) is 9.19. The highest BCUT2D eigenvalue weighted by Gasteiger charge is 2.29. The Bertz CT molecular complexity index is 701. The summed E-state index contributed by atoms with van der Waals surface area (Å²) >= 11 is 0.